The molecule has 0 bridgehead atoms. The number of hydrogen-bond donors (Lipinski definition) is 1. The van der Waals surface area contributed by atoms with E-state index in [4.69, 9.17) is 4.42 Å². The van der Waals surface area contributed by atoms with E-state index in [0.717, 1.165) is 17.2 Å². The van der Waals surface area contributed by atoms with Gasteiger partial charge in [-0.15, -0.1) is 0 Å². The fraction of sp³-hybridized carbons (Fsp3) is 0.471. The van der Waals surface area contributed by atoms with Crippen molar-refractivity contribution in [3.63, 3.8) is 0 Å². The molecule has 1 saturated heterocycles. The molecule has 2 aromatic rings. The number of hydrogen-bond acceptors (Lipinski definition) is 4. The van der Waals surface area contributed by atoms with E-state index in [1.807, 2.05) is 32.0 Å². The van der Waals surface area contributed by atoms with Gasteiger partial charge in [0.15, 0.2) is 0 Å². The molecule has 1 N–H and O–H groups in total. The van der Waals surface area contributed by atoms with E-state index >= 15 is 0 Å². The summed E-state index contributed by atoms with van der Waals surface area (Å²) in [6.45, 7) is 6.49. The van der Waals surface area contributed by atoms with E-state index in [1.165, 1.54) is 6.92 Å². The molecule has 0 unspecified atom stereocenters. The molecule has 2 atom stereocenters. The van der Waals surface area contributed by atoms with Crippen molar-refractivity contribution in [2.24, 2.45) is 0 Å². The Labute approximate surface area is 140 Å². The van der Waals surface area contributed by atoms with Crippen molar-refractivity contribution in [1.29, 1.82) is 0 Å². The zero-order valence-corrected chi connectivity index (χ0v) is 14.2. The largest absolute Gasteiger partial charge is 0.466 e. The number of aryl methyl sites for hydroxylation is 2. The second kappa shape index (κ2) is 6.51. The van der Waals surface area contributed by atoms with Crippen LogP contribution in [0, 0.1) is 13.8 Å². The lowest BCUT2D eigenvalue weighted by Gasteiger charge is -2.17. The first-order valence-electron chi connectivity index (χ1n) is 8.03. The number of amides is 2. The molecule has 2 amide bonds. The molecule has 0 radical (unpaired) electrons. The van der Waals surface area contributed by atoms with Crippen molar-refractivity contribution in [2.75, 3.05) is 13.1 Å². The summed E-state index contributed by atoms with van der Waals surface area (Å²) in [5, 5.41) is 7.10. The molecule has 0 aromatic carbocycles. The molecule has 128 valence electrons. The van der Waals surface area contributed by atoms with Crippen molar-refractivity contribution in [1.82, 2.24) is 20.0 Å². The molecule has 0 aliphatic carbocycles. The average molecular weight is 330 g/mol. The first-order chi connectivity index (χ1) is 11.4. The molecule has 0 spiro atoms. The highest BCUT2D eigenvalue weighted by atomic mass is 16.3. The van der Waals surface area contributed by atoms with Crippen LogP contribution >= 0.6 is 0 Å². The molecule has 7 heteroatoms. The van der Waals surface area contributed by atoms with Crippen LogP contribution in [0.1, 0.15) is 30.1 Å². The van der Waals surface area contributed by atoms with Gasteiger partial charge in [0.1, 0.15) is 18.1 Å². The van der Waals surface area contributed by atoms with E-state index in [-0.39, 0.29) is 30.3 Å². The van der Waals surface area contributed by atoms with Crippen molar-refractivity contribution in [3.8, 4) is 0 Å². The van der Waals surface area contributed by atoms with Gasteiger partial charge in [-0.1, -0.05) is 0 Å². The molecule has 1 aliphatic rings. The highest BCUT2D eigenvalue weighted by molar-refractivity contribution is 5.77. The molecular formula is C17H22N4O3. The number of likely N-dealkylation sites (tertiary alicyclic amines) is 1. The lowest BCUT2D eigenvalue weighted by molar-refractivity contribution is -0.131. The van der Waals surface area contributed by atoms with Gasteiger partial charge in [-0.3, -0.25) is 14.3 Å². The van der Waals surface area contributed by atoms with Crippen LogP contribution in [-0.2, 0) is 16.1 Å². The Morgan fingerprint density at radius 2 is 2.08 bits per heavy atom. The Kier molecular flexibility index (Phi) is 4.42. The zero-order chi connectivity index (χ0) is 17.3. The lowest BCUT2D eigenvalue weighted by atomic mass is 10.0. The van der Waals surface area contributed by atoms with Crippen LogP contribution in [0.15, 0.2) is 28.8 Å². The van der Waals surface area contributed by atoms with Crippen molar-refractivity contribution in [2.45, 2.75) is 39.3 Å². The van der Waals surface area contributed by atoms with Gasteiger partial charge in [-0.2, -0.15) is 5.10 Å². The SMILES string of the molecule is CC(=O)N[C@@H]1CN(C(=O)Cn2nccc2C)C[C@H]1c1ccc(C)o1. The average Bonchev–Trinajstić information content (AvgIpc) is 3.20. The van der Waals surface area contributed by atoms with Crippen LogP contribution in [0.3, 0.4) is 0 Å². The molecule has 7 nitrogen and oxygen atoms in total. The third kappa shape index (κ3) is 3.34. The van der Waals surface area contributed by atoms with Crippen LogP contribution in [0.5, 0.6) is 0 Å². The van der Waals surface area contributed by atoms with Crippen LogP contribution in [0.2, 0.25) is 0 Å². The van der Waals surface area contributed by atoms with Crippen LogP contribution in [-0.4, -0.2) is 45.6 Å². The summed E-state index contributed by atoms with van der Waals surface area (Å²) in [6, 6.07) is 5.54. The maximum atomic E-state index is 12.6. The van der Waals surface area contributed by atoms with E-state index in [0.29, 0.717) is 13.1 Å². The minimum Gasteiger partial charge on any atom is -0.466 e. The summed E-state index contributed by atoms with van der Waals surface area (Å²) in [7, 11) is 0. The first kappa shape index (κ1) is 16.3. The Hall–Kier alpha value is -2.57. The second-order valence-corrected chi connectivity index (χ2v) is 6.29. The molecular weight excluding hydrogens is 308 g/mol. The topological polar surface area (TPSA) is 80.4 Å². The van der Waals surface area contributed by atoms with Gasteiger partial charge in [0.25, 0.3) is 0 Å². The number of furan rings is 1. The Balaban J connectivity index is 1.74. The van der Waals surface area contributed by atoms with Crippen LogP contribution in [0.25, 0.3) is 0 Å². The monoisotopic (exact) mass is 330 g/mol. The minimum atomic E-state index is -0.143. The second-order valence-electron chi connectivity index (χ2n) is 6.29. The summed E-state index contributed by atoms with van der Waals surface area (Å²) in [5.74, 6) is 1.47. The van der Waals surface area contributed by atoms with Crippen LogP contribution < -0.4 is 5.32 Å². The van der Waals surface area contributed by atoms with Gasteiger partial charge in [0, 0.05) is 31.9 Å². The maximum absolute atomic E-state index is 12.6. The van der Waals surface area contributed by atoms with Gasteiger partial charge in [-0.25, -0.2) is 0 Å². The Morgan fingerprint density at radius 3 is 2.67 bits per heavy atom. The molecule has 1 fully saturated rings. The van der Waals surface area contributed by atoms with E-state index in [2.05, 4.69) is 10.4 Å². The summed E-state index contributed by atoms with van der Waals surface area (Å²) < 4.78 is 7.41. The number of nitrogens with one attached hydrogen (secondary N) is 1. The normalized spacial score (nSPS) is 20.4. The fourth-order valence-electron chi connectivity index (χ4n) is 3.15. The van der Waals surface area contributed by atoms with Gasteiger partial charge in [-0.05, 0) is 32.0 Å². The fourth-order valence-corrected chi connectivity index (χ4v) is 3.15. The third-order valence-electron chi connectivity index (χ3n) is 4.40. The molecule has 3 rings (SSSR count). The zero-order valence-electron chi connectivity index (χ0n) is 14.2. The van der Waals surface area contributed by atoms with Crippen LogP contribution in [0.4, 0.5) is 0 Å². The Morgan fingerprint density at radius 1 is 1.29 bits per heavy atom. The highest BCUT2D eigenvalue weighted by Crippen LogP contribution is 2.29. The van der Waals surface area contributed by atoms with Crippen molar-refractivity contribution < 1.29 is 14.0 Å². The third-order valence-corrected chi connectivity index (χ3v) is 4.40. The highest BCUT2D eigenvalue weighted by Gasteiger charge is 2.38. The van der Waals surface area contributed by atoms with Gasteiger partial charge >= 0.3 is 0 Å². The van der Waals surface area contributed by atoms with Crippen molar-refractivity contribution >= 4 is 11.8 Å². The van der Waals surface area contributed by atoms with Crippen molar-refractivity contribution in [3.05, 3.63) is 41.6 Å². The van der Waals surface area contributed by atoms with E-state index < -0.39 is 0 Å². The number of carbonyl (C=O) groups excluding carboxylic acids is 2. The van der Waals surface area contributed by atoms with E-state index in [9.17, 15) is 9.59 Å². The number of carbonyl (C=O) groups is 2. The summed E-state index contributed by atoms with van der Waals surface area (Å²) in [6.07, 6.45) is 1.68. The number of nitrogens with zero attached hydrogens (tertiary/aromatic N) is 3. The number of aromatic nitrogens is 2. The number of rotatable bonds is 4. The smallest absolute Gasteiger partial charge is 0.244 e. The lowest BCUT2D eigenvalue weighted by Crippen LogP contribution is -2.39. The van der Waals surface area contributed by atoms with Gasteiger partial charge < -0.3 is 14.6 Å². The predicted molar refractivity (Wildman–Crippen MR) is 87.3 cm³/mol. The molecule has 1 aliphatic heterocycles. The summed E-state index contributed by atoms with van der Waals surface area (Å²) >= 11 is 0. The van der Waals surface area contributed by atoms with Gasteiger partial charge in [0.2, 0.25) is 11.8 Å². The maximum Gasteiger partial charge on any atom is 0.244 e. The molecule has 0 saturated carbocycles. The Bertz CT molecular complexity index is 749. The molecule has 2 aromatic heterocycles. The van der Waals surface area contributed by atoms with Gasteiger partial charge in [0.05, 0.1) is 12.0 Å². The molecule has 24 heavy (non-hydrogen) atoms. The summed E-state index contributed by atoms with van der Waals surface area (Å²) in [5.41, 5.74) is 0.944. The summed E-state index contributed by atoms with van der Waals surface area (Å²) in [4.78, 5) is 25.9. The molecule has 3 heterocycles. The predicted octanol–water partition coefficient (Wildman–Crippen LogP) is 1.22. The minimum absolute atomic E-state index is 0.0112. The standard InChI is InChI=1S/C17H22N4O3/c1-11-6-7-18-21(11)10-17(23)20-8-14(15(9-20)19-13(3)22)16-5-4-12(2)24-16/h4-7,14-15H,8-10H2,1-3H3,(H,19,22)/t14-,15-/m1/s1. The first-order valence-corrected chi connectivity index (χ1v) is 8.03. The van der Waals surface area contributed by atoms with E-state index in [1.54, 1.807) is 15.8 Å². The quantitative estimate of drug-likeness (QED) is 0.914.